The number of imide groups is 1. The highest BCUT2D eigenvalue weighted by atomic mass is 16.2. The molecule has 5 nitrogen and oxygen atoms in total. The minimum atomic E-state index is -0.203. The number of carbonyl (C=O) groups excluding carboxylic acids is 2. The average Bonchev–Trinajstić information content (AvgIpc) is 2.98. The fourth-order valence-corrected chi connectivity index (χ4v) is 3.81. The Bertz CT molecular complexity index is 628. The Hall–Kier alpha value is -1.88. The van der Waals surface area contributed by atoms with Crippen molar-refractivity contribution in [3.63, 3.8) is 0 Å². The molecule has 110 valence electrons. The lowest BCUT2D eigenvalue weighted by Crippen LogP contribution is -2.39. The van der Waals surface area contributed by atoms with E-state index in [4.69, 9.17) is 0 Å². The number of carbonyl (C=O) groups is 2. The summed E-state index contributed by atoms with van der Waals surface area (Å²) in [4.78, 5) is 27.6. The number of nitrogens with one attached hydrogen (secondary N) is 1. The molecule has 3 heterocycles. The molecule has 4 rings (SSSR count). The first kappa shape index (κ1) is 12.8. The maximum Gasteiger partial charge on any atom is 0.261 e. The third-order valence-corrected chi connectivity index (χ3v) is 5.08. The van der Waals surface area contributed by atoms with E-state index >= 15 is 0 Å². The number of hydrogen-bond donors (Lipinski definition) is 1. The number of nitrogens with zero attached hydrogens (tertiary/aromatic N) is 2. The molecular formula is C16H19N3O2. The molecule has 2 saturated heterocycles. The van der Waals surface area contributed by atoms with Crippen LogP contribution in [0.15, 0.2) is 18.2 Å². The second-order valence-electron chi connectivity index (χ2n) is 6.32. The minimum Gasteiger partial charge on any atom is -0.382 e. The van der Waals surface area contributed by atoms with Gasteiger partial charge in [-0.15, -0.1) is 0 Å². The molecule has 5 heteroatoms. The Morgan fingerprint density at radius 1 is 1.10 bits per heavy atom. The van der Waals surface area contributed by atoms with Crippen LogP contribution < -0.4 is 5.32 Å². The third kappa shape index (κ3) is 1.95. The largest absolute Gasteiger partial charge is 0.382 e. The van der Waals surface area contributed by atoms with E-state index in [0.717, 1.165) is 18.7 Å². The van der Waals surface area contributed by atoms with E-state index in [2.05, 4.69) is 10.2 Å². The van der Waals surface area contributed by atoms with Gasteiger partial charge in [-0.05, 0) is 43.5 Å². The predicted octanol–water partition coefficient (Wildman–Crippen LogP) is 1.42. The molecule has 1 aromatic rings. The van der Waals surface area contributed by atoms with Crippen LogP contribution in [0.25, 0.3) is 0 Å². The van der Waals surface area contributed by atoms with Crippen LogP contribution in [-0.2, 0) is 0 Å². The Balaban J connectivity index is 1.57. The zero-order chi connectivity index (χ0) is 14.6. The number of rotatable bonds is 2. The molecule has 0 aliphatic carbocycles. The molecule has 0 spiro atoms. The van der Waals surface area contributed by atoms with Gasteiger partial charge in [-0.3, -0.25) is 14.5 Å². The second-order valence-corrected chi connectivity index (χ2v) is 6.32. The van der Waals surface area contributed by atoms with Crippen molar-refractivity contribution in [3.05, 3.63) is 29.3 Å². The summed E-state index contributed by atoms with van der Waals surface area (Å²) in [6.07, 6.45) is 2.40. The molecule has 2 fully saturated rings. The Kier molecular flexibility index (Phi) is 2.79. The minimum absolute atomic E-state index is 0.200. The molecule has 3 aliphatic rings. The van der Waals surface area contributed by atoms with Gasteiger partial charge >= 0.3 is 0 Å². The Labute approximate surface area is 123 Å². The fourth-order valence-electron chi connectivity index (χ4n) is 3.81. The van der Waals surface area contributed by atoms with Crippen molar-refractivity contribution >= 4 is 17.5 Å². The number of anilines is 1. The quantitative estimate of drug-likeness (QED) is 0.835. The maximum atomic E-state index is 12.0. The number of piperidine rings is 1. The van der Waals surface area contributed by atoms with Crippen molar-refractivity contribution in [2.75, 3.05) is 32.0 Å². The molecule has 3 unspecified atom stereocenters. The summed E-state index contributed by atoms with van der Waals surface area (Å²) in [7, 11) is 1.53. The number of amides is 2. The van der Waals surface area contributed by atoms with Gasteiger partial charge in [0.15, 0.2) is 0 Å². The lowest BCUT2D eigenvalue weighted by Gasteiger charge is -2.31. The predicted molar refractivity (Wildman–Crippen MR) is 79.4 cm³/mol. The second kappa shape index (κ2) is 4.56. The molecule has 3 aliphatic heterocycles. The summed E-state index contributed by atoms with van der Waals surface area (Å²) in [5.41, 5.74) is 2.00. The Morgan fingerprint density at radius 2 is 1.86 bits per heavy atom. The van der Waals surface area contributed by atoms with Crippen molar-refractivity contribution in [3.8, 4) is 0 Å². The van der Waals surface area contributed by atoms with Crippen molar-refractivity contribution < 1.29 is 9.59 Å². The smallest absolute Gasteiger partial charge is 0.261 e. The number of fused-ring (bicyclic) bond motifs is 3. The highest BCUT2D eigenvalue weighted by Gasteiger charge is 2.35. The van der Waals surface area contributed by atoms with E-state index in [0.29, 0.717) is 23.1 Å². The van der Waals surface area contributed by atoms with E-state index in [-0.39, 0.29) is 11.8 Å². The molecular weight excluding hydrogens is 266 g/mol. The van der Waals surface area contributed by atoms with Gasteiger partial charge in [-0.25, -0.2) is 0 Å². The maximum absolute atomic E-state index is 12.0. The Morgan fingerprint density at radius 3 is 2.71 bits per heavy atom. The highest BCUT2D eigenvalue weighted by Crippen LogP contribution is 2.31. The summed E-state index contributed by atoms with van der Waals surface area (Å²) in [6, 6.07) is 6.00. The van der Waals surface area contributed by atoms with Gasteiger partial charge in [0.05, 0.1) is 11.1 Å². The first-order valence-corrected chi connectivity index (χ1v) is 7.59. The van der Waals surface area contributed by atoms with Crippen molar-refractivity contribution in [2.24, 2.45) is 5.92 Å². The zero-order valence-electron chi connectivity index (χ0n) is 12.1. The molecule has 0 radical (unpaired) electrons. The van der Waals surface area contributed by atoms with Crippen molar-refractivity contribution in [1.29, 1.82) is 0 Å². The summed E-state index contributed by atoms with van der Waals surface area (Å²) in [5.74, 6) is 0.298. The molecule has 2 amide bonds. The van der Waals surface area contributed by atoms with E-state index in [1.165, 1.54) is 31.5 Å². The van der Waals surface area contributed by atoms with Crippen LogP contribution in [0.2, 0.25) is 0 Å². The monoisotopic (exact) mass is 285 g/mol. The van der Waals surface area contributed by atoms with E-state index < -0.39 is 0 Å². The first-order valence-electron chi connectivity index (χ1n) is 7.59. The summed E-state index contributed by atoms with van der Waals surface area (Å²) in [5, 5.41) is 3.58. The van der Waals surface area contributed by atoms with Crippen LogP contribution in [-0.4, -0.2) is 54.3 Å². The molecule has 1 N–H and O–H groups in total. The zero-order valence-corrected chi connectivity index (χ0v) is 12.1. The van der Waals surface area contributed by atoms with Crippen LogP contribution in [0, 0.1) is 5.92 Å². The van der Waals surface area contributed by atoms with Gasteiger partial charge in [0.25, 0.3) is 11.8 Å². The molecule has 21 heavy (non-hydrogen) atoms. The van der Waals surface area contributed by atoms with Gasteiger partial charge < -0.3 is 10.2 Å². The van der Waals surface area contributed by atoms with Crippen LogP contribution >= 0.6 is 0 Å². The van der Waals surface area contributed by atoms with E-state index in [1.807, 2.05) is 12.1 Å². The van der Waals surface area contributed by atoms with Gasteiger partial charge in [0.1, 0.15) is 0 Å². The van der Waals surface area contributed by atoms with E-state index in [1.54, 1.807) is 6.07 Å². The fraction of sp³-hybridized carbons (Fsp3) is 0.500. The van der Waals surface area contributed by atoms with Crippen LogP contribution in [0.5, 0.6) is 0 Å². The number of benzene rings is 1. The van der Waals surface area contributed by atoms with Crippen molar-refractivity contribution in [1.82, 2.24) is 9.80 Å². The highest BCUT2D eigenvalue weighted by molar-refractivity contribution is 6.21. The van der Waals surface area contributed by atoms with Crippen LogP contribution in [0.1, 0.15) is 33.6 Å². The van der Waals surface area contributed by atoms with Gasteiger partial charge in [-0.2, -0.15) is 0 Å². The standard InChI is InChI=1S/C16H19N3O2/c1-18-15(20)12-3-2-11(8-13(12)16(18)21)17-14-5-7-19-6-4-10(14)9-19/h2-3,8,10,14,17H,4-7,9H2,1H3. The van der Waals surface area contributed by atoms with Crippen LogP contribution in [0.3, 0.4) is 0 Å². The molecule has 3 atom stereocenters. The number of hydrogen-bond acceptors (Lipinski definition) is 4. The molecule has 0 saturated carbocycles. The van der Waals surface area contributed by atoms with Crippen LogP contribution in [0.4, 0.5) is 5.69 Å². The molecule has 1 aromatic carbocycles. The van der Waals surface area contributed by atoms with Crippen molar-refractivity contribution in [2.45, 2.75) is 18.9 Å². The molecule has 0 aromatic heterocycles. The van der Waals surface area contributed by atoms with Gasteiger partial charge in [0.2, 0.25) is 0 Å². The normalized spacial score (nSPS) is 30.7. The molecule has 2 bridgehead atoms. The first-order chi connectivity index (χ1) is 10.1. The average molecular weight is 285 g/mol. The van der Waals surface area contributed by atoms with Gasteiger partial charge in [0, 0.05) is 31.9 Å². The lowest BCUT2D eigenvalue weighted by atomic mass is 9.93. The summed E-state index contributed by atoms with van der Waals surface area (Å²) in [6.45, 7) is 3.55. The summed E-state index contributed by atoms with van der Waals surface area (Å²) < 4.78 is 0. The lowest BCUT2D eigenvalue weighted by molar-refractivity contribution is 0.0693. The van der Waals surface area contributed by atoms with E-state index in [9.17, 15) is 9.59 Å². The topological polar surface area (TPSA) is 52.7 Å². The third-order valence-electron chi connectivity index (χ3n) is 5.08. The SMILES string of the molecule is CN1C(=O)c2ccc(NC3CCN4CCC3C4)cc2C1=O. The van der Waals surface area contributed by atoms with Gasteiger partial charge in [-0.1, -0.05) is 0 Å². The summed E-state index contributed by atoms with van der Waals surface area (Å²) >= 11 is 0.